The largest absolute Gasteiger partial charge is 0.488 e. The number of aryl methyl sites for hydroxylation is 1. The summed E-state index contributed by atoms with van der Waals surface area (Å²) in [7, 11) is 0. The van der Waals surface area contributed by atoms with Gasteiger partial charge >= 0.3 is 6.03 Å². The molecule has 27 heavy (non-hydrogen) atoms. The summed E-state index contributed by atoms with van der Waals surface area (Å²) in [6.07, 6.45) is 6.67. The zero-order valence-electron chi connectivity index (χ0n) is 15.7. The van der Waals surface area contributed by atoms with Crippen molar-refractivity contribution in [3.8, 4) is 17.2 Å². The fourth-order valence-corrected chi connectivity index (χ4v) is 3.85. The highest BCUT2D eigenvalue weighted by Gasteiger charge is 2.29. The van der Waals surface area contributed by atoms with Crippen molar-refractivity contribution >= 4 is 6.03 Å². The second-order valence-electron chi connectivity index (χ2n) is 7.40. The van der Waals surface area contributed by atoms with E-state index in [0.717, 1.165) is 24.8 Å². The van der Waals surface area contributed by atoms with Crippen molar-refractivity contribution in [1.82, 2.24) is 20.4 Å². The zero-order chi connectivity index (χ0) is 18.6. The van der Waals surface area contributed by atoms with Crippen molar-refractivity contribution < 1.29 is 14.1 Å². The van der Waals surface area contributed by atoms with Gasteiger partial charge in [0, 0.05) is 19.0 Å². The third-order valence-electron chi connectivity index (χ3n) is 5.30. The molecule has 2 heterocycles. The molecule has 0 bridgehead atoms. The van der Waals surface area contributed by atoms with E-state index >= 15 is 0 Å². The molecule has 4 rings (SSSR count). The maximum atomic E-state index is 12.5. The van der Waals surface area contributed by atoms with Gasteiger partial charge in [-0.25, -0.2) is 4.79 Å². The number of rotatable bonds is 4. The highest BCUT2D eigenvalue weighted by molar-refractivity contribution is 5.75. The van der Waals surface area contributed by atoms with Crippen LogP contribution < -0.4 is 10.1 Å². The fourth-order valence-electron chi connectivity index (χ4n) is 3.85. The minimum Gasteiger partial charge on any atom is -0.488 e. The average molecular weight is 370 g/mol. The Morgan fingerprint density at radius 2 is 2.04 bits per heavy atom. The van der Waals surface area contributed by atoms with Crippen LogP contribution in [0.1, 0.15) is 44.3 Å². The molecule has 0 radical (unpaired) electrons. The number of amides is 2. The van der Waals surface area contributed by atoms with Crippen molar-refractivity contribution in [1.29, 1.82) is 0 Å². The molecule has 1 aliphatic heterocycles. The molecule has 2 aromatic rings. The summed E-state index contributed by atoms with van der Waals surface area (Å²) in [6.45, 7) is 3.09. The molecule has 1 aliphatic carbocycles. The van der Waals surface area contributed by atoms with Crippen LogP contribution in [0.3, 0.4) is 0 Å². The fraction of sp³-hybridized carbons (Fsp3) is 0.550. The van der Waals surface area contributed by atoms with E-state index in [1.165, 1.54) is 19.3 Å². The summed E-state index contributed by atoms with van der Waals surface area (Å²) in [4.78, 5) is 18.7. The molecule has 1 atom stereocenters. The van der Waals surface area contributed by atoms with Gasteiger partial charge in [-0.1, -0.05) is 36.6 Å². The van der Waals surface area contributed by atoms with Crippen LogP contribution in [0, 0.1) is 6.92 Å². The predicted octanol–water partition coefficient (Wildman–Crippen LogP) is 3.54. The van der Waals surface area contributed by atoms with Crippen LogP contribution in [0.5, 0.6) is 5.75 Å². The molecule has 0 spiro atoms. The van der Waals surface area contributed by atoms with Crippen molar-refractivity contribution in [2.75, 3.05) is 13.1 Å². The van der Waals surface area contributed by atoms with Gasteiger partial charge in [0.25, 0.3) is 5.89 Å². The number of para-hydroxylation sites is 1. The second kappa shape index (κ2) is 7.98. The number of nitrogens with zero attached hydrogens (tertiary/aromatic N) is 3. The Morgan fingerprint density at radius 1 is 1.22 bits per heavy atom. The number of carbonyl (C=O) groups is 1. The number of carbonyl (C=O) groups excluding carboxylic acids is 1. The molecule has 1 saturated heterocycles. The number of hydrogen-bond acceptors (Lipinski definition) is 5. The van der Waals surface area contributed by atoms with Crippen molar-refractivity contribution in [2.24, 2.45) is 0 Å². The average Bonchev–Trinajstić information content (AvgIpc) is 3.32. The Balaban J connectivity index is 1.37. The lowest BCUT2D eigenvalue weighted by Gasteiger charge is -2.26. The zero-order valence-corrected chi connectivity index (χ0v) is 15.7. The van der Waals surface area contributed by atoms with Gasteiger partial charge in [0.05, 0.1) is 12.1 Å². The smallest absolute Gasteiger partial charge is 0.317 e. The van der Waals surface area contributed by atoms with Gasteiger partial charge in [-0.3, -0.25) is 0 Å². The summed E-state index contributed by atoms with van der Waals surface area (Å²) in [5, 5.41) is 7.04. The first-order valence-electron chi connectivity index (χ1n) is 9.81. The first-order valence-corrected chi connectivity index (χ1v) is 9.81. The maximum Gasteiger partial charge on any atom is 0.317 e. The molecule has 1 saturated carbocycles. The van der Waals surface area contributed by atoms with E-state index in [4.69, 9.17) is 9.26 Å². The van der Waals surface area contributed by atoms with Crippen LogP contribution in [-0.2, 0) is 0 Å². The third-order valence-corrected chi connectivity index (χ3v) is 5.30. The van der Waals surface area contributed by atoms with Gasteiger partial charge in [-0.2, -0.15) is 4.98 Å². The first kappa shape index (κ1) is 17.8. The van der Waals surface area contributed by atoms with Gasteiger partial charge in [0.2, 0.25) is 0 Å². The van der Waals surface area contributed by atoms with Crippen LogP contribution in [0.4, 0.5) is 4.79 Å². The SMILES string of the molecule is Cc1noc(-c2ccccc2OC2CCN(C(=O)NC3CCCCC3)C2)n1. The van der Waals surface area contributed by atoms with E-state index in [2.05, 4.69) is 15.5 Å². The highest BCUT2D eigenvalue weighted by Crippen LogP contribution is 2.30. The minimum absolute atomic E-state index is 0.0349. The normalized spacial score (nSPS) is 20.6. The number of ether oxygens (including phenoxy) is 1. The molecule has 1 unspecified atom stereocenters. The van der Waals surface area contributed by atoms with E-state index < -0.39 is 0 Å². The Morgan fingerprint density at radius 3 is 2.81 bits per heavy atom. The number of hydrogen-bond donors (Lipinski definition) is 1. The summed E-state index contributed by atoms with van der Waals surface area (Å²) < 4.78 is 11.5. The lowest BCUT2D eigenvalue weighted by Crippen LogP contribution is -2.45. The van der Waals surface area contributed by atoms with Crippen LogP contribution in [-0.4, -0.2) is 46.3 Å². The Bertz CT molecular complexity index is 785. The van der Waals surface area contributed by atoms with Crippen LogP contribution in [0.25, 0.3) is 11.5 Å². The predicted molar refractivity (Wildman–Crippen MR) is 100 cm³/mol. The summed E-state index contributed by atoms with van der Waals surface area (Å²) in [5.41, 5.74) is 0.781. The van der Waals surface area contributed by atoms with E-state index in [9.17, 15) is 4.79 Å². The molecular weight excluding hydrogens is 344 g/mol. The summed E-state index contributed by atoms with van der Waals surface area (Å²) in [6, 6.07) is 8.01. The standard InChI is InChI=1S/C20H26N4O3/c1-14-21-19(27-23-14)17-9-5-6-10-18(17)26-16-11-12-24(13-16)20(25)22-15-7-3-2-4-8-15/h5-6,9-10,15-16H,2-4,7-8,11-13H2,1H3,(H,22,25). The van der Waals surface area contributed by atoms with Crippen LogP contribution >= 0.6 is 0 Å². The van der Waals surface area contributed by atoms with Gasteiger partial charge in [-0.15, -0.1) is 0 Å². The van der Waals surface area contributed by atoms with Crippen molar-refractivity contribution in [3.63, 3.8) is 0 Å². The van der Waals surface area contributed by atoms with Crippen molar-refractivity contribution in [3.05, 3.63) is 30.1 Å². The second-order valence-corrected chi connectivity index (χ2v) is 7.40. The molecule has 1 aromatic heterocycles. The van der Waals surface area contributed by atoms with Gasteiger partial charge in [-0.05, 0) is 31.9 Å². The molecule has 1 N–H and O–H groups in total. The highest BCUT2D eigenvalue weighted by atomic mass is 16.5. The van der Waals surface area contributed by atoms with Crippen LogP contribution in [0.2, 0.25) is 0 Å². The lowest BCUT2D eigenvalue weighted by atomic mass is 9.96. The van der Waals surface area contributed by atoms with Gasteiger partial charge < -0.3 is 19.5 Å². The minimum atomic E-state index is -0.0349. The number of aromatic nitrogens is 2. The maximum absolute atomic E-state index is 12.5. The van der Waals surface area contributed by atoms with Gasteiger partial charge in [0.1, 0.15) is 11.9 Å². The van der Waals surface area contributed by atoms with E-state index in [1.807, 2.05) is 29.2 Å². The van der Waals surface area contributed by atoms with E-state index in [1.54, 1.807) is 6.92 Å². The molecular formula is C20H26N4O3. The number of nitrogens with one attached hydrogen (secondary N) is 1. The molecule has 1 aromatic carbocycles. The number of urea groups is 1. The molecule has 7 heteroatoms. The Kier molecular flexibility index (Phi) is 5.27. The van der Waals surface area contributed by atoms with Gasteiger partial charge in [0.15, 0.2) is 5.82 Å². The number of likely N-dealkylation sites (tertiary alicyclic amines) is 1. The topological polar surface area (TPSA) is 80.5 Å². The summed E-state index contributed by atoms with van der Waals surface area (Å²) in [5.74, 6) is 1.75. The van der Waals surface area contributed by atoms with E-state index in [-0.39, 0.29) is 12.1 Å². The Labute approximate surface area is 159 Å². The first-order chi connectivity index (χ1) is 13.2. The monoisotopic (exact) mass is 370 g/mol. The quantitative estimate of drug-likeness (QED) is 0.890. The molecule has 144 valence electrons. The molecule has 2 amide bonds. The number of benzene rings is 1. The Hall–Kier alpha value is -2.57. The molecule has 7 nitrogen and oxygen atoms in total. The third kappa shape index (κ3) is 4.23. The van der Waals surface area contributed by atoms with Crippen molar-refractivity contribution in [2.45, 2.75) is 57.6 Å². The van der Waals surface area contributed by atoms with Crippen LogP contribution in [0.15, 0.2) is 28.8 Å². The lowest BCUT2D eigenvalue weighted by molar-refractivity contribution is 0.182. The molecule has 2 aliphatic rings. The summed E-state index contributed by atoms with van der Waals surface area (Å²) >= 11 is 0. The van der Waals surface area contributed by atoms with E-state index in [0.29, 0.717) is 36.6 Å². The molecule has 2 fully saturated rings.